The highest BCUT2D eigenvalue weighted by molar-refractivity contribution is 7.85. The van der Waals surface area contributed by atoms with Gasteiger partial charge >= 0.3 is 0 Å². The number of hydrogen-bond donors (Lipinski definition) is 0. The van der Waals surface area contributed by atoms with Crippen molar-refractivity contribution in [3.05, 3.63) is 53.5 Å². The Bertz CT molecular complexity index is 805. The maximum Gasteiger partial charge on any atom is 0.250 e. The van der Waals surface area contributed by atoms with Crippen LogP contribution in [0.4, 0.5) is 15.9 Å². The molecule has 0 aliphatic carbocycles. The maximum absolute atomic E-state index is 13.1. The van der Waals surface area contributed by atoms with Gasteiger partial charge in [0.05, 0.1) is 11.6 Å². The van der Waals surface area contributed by atoms with Gasteiger partial charge < -0.3 is 9.80 Å². The normalized spacial score (nSPS) is 19.9. The summed E-state index contributed by atoms with van der Waals surface area (Å²) in [4.78, 5) is 20.7. The van der Waals surface area contributed by atoms with E-state index in [-0.39, 0.29) is 23.4 Å². The molecule has 1 saturated heterocycles. The van der Waals surface area contributed by atoms with Crippen molar-refractivity contribution >= 4 is 28.2 Å². The summed E-state index contributed by atoms with van der Waals surface area (Å²) >= 11 is 0. The van der Waals surface area contributed by atoms with Gasteiger partial charge in [-0.15, -0.1) is 0 Å². The number of carbonyl (C=O) groups is 1. The standard InChI is InChI=1S/C18H20FN3O2S/c1-12-8-13(2)20-17(9-12)22-11-25(24)10-16(22)18(23)21(3)15-6-4-14(19)5-7-15/h4-9,16H,10-11H2,1-3H3/t16-,25?/m0/s1. The van der Waals surface area contributed by atoms with Crippen LogP contribution in [0.1, 0.15) is 11.3 Å². The van der Waals surface area contributed by atoms with E-state index in [1.54, 1.807) is 24.1 Å². The molecule has 0 spiro atoms. The van der Waals surface area contributed by atoms with Gasteiger partial charge in [-0.1, -0.05) is 0 Å². The largest absolute Gasteiger partial charge is 0.332 e. The highest BCUT2D eigenvalue weighted by Gasteiger charge is 2.38. The fourth-order valence-electron chi connectivity index (χ4n) is 2.98. The smallest absolute Gasteiger partial charge is 0.250 e. The van der Waals surface area contributed by atoms with Crippen LogP contribution in [0, 0.1) is 19.7 Å². The fraction of sp³-hybridized carbons (Fsp3) is 0.333. The van der Waals surface area contributed by atoms with Crippen LogP contribution in [0.15, 0.2) is 36.4 Å². The van der Waals surface area contributed by atoms with E-state index in [1.807, 2.05) is 26.0 Å². The van der Waals surface area contributed by atoms with Crippen LogP contribution in [0.2, 0.25) is 0 Å². The molecule has 1 fully saturated rings. The van der Waals surface area contributed by atoms with Gasteiger partial charge in [-0.3, -0.25) is 9.00 Å². The van der Waals surface area contributed by atoms with Gasteiger partial charge in [-0.2, -0.15) is 0 Å². The highest BCUT2D eigenvalue weighted by atomic mass is 32.2. The van der Waals surface area contributed by atoms with Crippen molar-refractivity contribution in [1.29, 1.82) is 0 Å². The summed E-state index contributed by atoms with van der Waals surface area (Å²) in [5.41, 5.74) is 2.49. The van der Waals surface area contributed by atoms with Gasteiger partial charge in [0.25, 0.3) is 0 Å². The van der Waals surface area contributed by atoms with E-state index in [4.69, 9.17) is 0 Å². The number of amides is 1. The van der Waals surface area contributed by atoms with Crippen molar-refractivity contribution < 1.29 is 13.4 Å². The molecule has 1 amide bonds. The lowest BCUT2D eigenvalue weighted by Crippen LogP contribution is -2.46. The molecule has 0 radical (unpaired) electrons. The zero-order chi connectivity index (χ0) is 18.1. The quantitative estimate of drug-likeness (QED) is 0.842. The Balaban J connectivity index is 1.89. The Morgan fingerprint density at radius 2 is 1.96 bits per heavy atom. The topological polar surface area (TPSA) is 53.5 Å². The summed E-state index contributed by atoms with van der Waals surface area (Å²) in [6, 6.07) is 9.04. The van der Waals surface area contributed by atoms with E-state index in [9.17, 15) is 13.4 Å². The van der Waals surface area contributed by atoms with E-state index in [1.165, 1.54) is 17.0 Å². The first-order chi connectivity index (χ1) is 11.8. The number of aromatic nitrogens is 1. The molecule has 7 heteroatoms. The van der Waals surface area contributed by atoms with Gasteiger partial charge in [0.15, 0.2) is 0 Å². The lowest BCUT2D eigenvalue weighted by atomic mass is 10.2. The van der Waals surface area contributed by atoms with Crippen molar-refractivity contribution in [2.75, 3.05) is 28.5 Å². The number of likely N-dealkylation sites (N-methyl/N-ethyl adjacent to an activating group) is 1. The second-order valence-electron chi connectivity index (χ2n) is 6.24. The second-order valence-corrected chi connectivity index (χ2v) is 7.71. The van der Waals surface area contributed by atoms with Crippen LogP contribution in [-0.4, -0.2) is 39.8 Å². The SMILES string of the molecule is Cc1cc(C)nc(N2CS(=O)C[C@H]2C(=O)N(C)c2ccc(F)cc2)c1. The maximum atomic E-state index is 13.1. The average Bonchev–Trinajstić information content (AvgIpc) is 2.95. The third-order valence-electron chi connectivity index (χ3n) is 4.21. The molecule has 3 rings (SSSR count). The molecule has 2 aromatic rings. The monoisotopic (exact) mass is 361 g/mol. The first-order valence-electron chi connectivity index (χ1n) is 7.95. The molecule has 0 saturated carbocycles. The van der Waals surface area contributed by atoms with E-state index >= 15 is 0 Å². The van der Waals surface area contributed by atoms with Crippen LogP contribution in [0.3, 0.4) is 0 Å². The third kappa shape index (κ3) is 3.71. The molecular weight excluding hydrogens is 341 g/mol. The molecule has 25 heavy (non-hydrogen) atoms. The lowest BCUT2D eigenvalue weighted by molar-refractivity contribution is -0.119. The predicted octanol–water partition coefficient (Wildman–Crippen LogP) is 2.40. The molecule has 1 unspecified atom stereocenters. The Morgan fingerprint density at radius 1 is 1.28 bits per heavy atom. The van der Waals surface area contributed by atoms with Crippen LogP contribution >= 0.6 is 0 Å². The first kappa shape index (κ1) is 17.5. The van der Waals surface area contributed by atoms with Gasteiger partial charge in [0.2, 0.25) is 5.91 Å². The summed E-state index contributed by atoms with van der Waals surface area (Å²) in [5.74, 6) is 0.669. The number of halogens is 1. The van der Waals surface area contributed by atoms with Crippen molar-refractivity contribution in [3.63, 3.8) is 0 Å². The summed E-state index contributed by atoms with van der Waals surface area (Å²) in [7, 11) is 0.527. The van der Waals surface area contributed by atoms with E-state index in [0.717, 1.165) is 11.3 Å². The minimum absolute atomic E-state index is 0.182. The number of anilines is 2. The molecule has 1 aliphatic rings. The van der Waals surface area contributed by atoms with E-state index in [0.29, 0.717) is 11.5 Å². The molecule has 5 nitrogen and oxygen atoms in total. The number of aryl methyl sites for hydroxylation is 2. The molecule has 1 aromatic carbocycles. The van der Waals surface area contributed by atoms with Crippen molar-refractivity contribution in [1.82, 2.24) is 4.98 Å². The minimum atomic E-state index is -1.12. The molecular formula is C18H20FN3O2S. The van der Waals surface area contributed by atoms with Gasteiger partial charge in [0, 0.05) is 29.2 Å². The number of hydrogen-bond acceptors (Lipinski definition) is 4. The van der Waals surface area contributed by atoms with Crippen LogP contribution < -0.4 is 9.80 Å². The second kappa shape index (κ2) is 6.92. The minimum Gasteiger partial charge on any atom is -0.332 e. The number of pyridine rings is 1. The predicted molar refractivity (Wildman–Crippen MR) is 97.7 cm³/mol. The summed E-state index contributed by atoms with van der Waals surface area (Å²) in [5, 5.41) is 0. The molecule has 1 aliphatic heterocycles. The van der Waals surface area contributed by atoms with Crippen LogP contribution in [0.5, 0.6) is 0 Å². The van der Waals surface area contributed by atoms with Crippen molar-refractivity contribution in [3.8, 4) is 0 Å². The van der Waals surface area contributed by atoms with E-state index < -0.39 is 16.8 Å². The molecule has 132 valence electrons. The summed E-state index contributed by atoms with van der Waals surface area (Å²) in [6.07, 6.45) is 0. The van der Waals surface area contributed by atoms with E-state index in [2.05, 4.69) is 4.98 Å². The summed E-state index contributed by atoms with van der Waals surface area (Å²) in [6.45, 7) is 3.86. The van der Waals surface area contributed by atoms with Crippen LogP contribution in [-0.2, 0) is 15.6 Å². The number of benzene rings is 1. The third-order valence-corrected chi connectivity index (χ3v) is 5.46. The molecule has 2 heterocycles. The fourth-order valence-corrected chi connectivity index (χ4v) is 4.38. The lowest BCUT2D eigenvalue weighted by Gasteiger charge is -2.28. The zero-order valence-corrected chi connectivity index (χ0v) is 15.2. The molecule has 0 N–H and O–H groups in total. The number of nitrogens with zero attached hydrogens (tertiary/aromatic N) is 3. The van der Waals surface area contributed by atoms with Gasteiger partial charge in [-0.05, 0) is 55.8 Å². The summed E-state index contributed by atoms with van der Waals surface area (Å²) < 4.78 is 25.2. The zero-order valence-electron chi connectivity index (χ0n) is 14.4. The Labute approximate surface area is 148 Å². The van der Waals surface area contributed by atoms with Crippen molar-refractivity contribution in [2.24, 2.45) is 0 Å². The van der Waals surface area contributed by atoms with Gasteiger partial charge in [-0.25, -0.2) is 9.37 Å². The average molecular weight is 361 g/mol. The molecule has 2 atom stereocenters. The van der Waals surface area contributed by atoms with Crippen LogP contribution in [0.25, 0.3) is 0 Å². The Hall–Kier alpha value is -2.28. The number of rotatable bonds is 3. The Kier molecular flexibility index (Phi) is 4.85. The molecule has 1 aromatic heterocycles. The number of carbonyl (C=O) groups excluding carboxylic acids is 1. The first-order valence-corrected chi connectivity index (χ1v) is 9.44. The Morgan fingerprint density at radius 3 is 2.60 bits per heavy atom. The molecule has 0 bridgehead atoms. The van der Waals surface area contributed by atoms with Crippen molar-refractivity contribution in [2.45, 2.75) is 19.9 Å². The highest BCUT2D eigenvalue weighted by Crippen LogP contribution is 2.25. The van der Waals surface area contributed by atoms with Gasteiger partial charge in [0.1, 0.15) is 17.7 Å².